The molecule has 1 atom stereocenters. The van der Waals surface area contributed by atoms with Gasteiger partial charge in [0.25, 0.3) is 0 Å². The molecule has 0 aliphatic heterocycles. The molecular weight excluding hydrogens is 596 g/mol. The SMILES string of the molecule is O=C(c1ccccc1)c1ccccc1N[C@@H](Cc1ccc(OCCN(Cc2ccccc2)C(=O)C=Cc2cccs2)cc1)C(=O)O. The topological polar surface area (TPSA) is 95.9 Å². The van der Waals surface area contributed by atoms with Gasteiger partial charge in [-0.2, -0.15) is 0 Å². The fourth-order valence-electron chi connectivity index (χ4n) is 4.89. The van der Waals surface area contributed by atoms with Crippen molar-refractivity contribution < 1.29 is 24.2 Å². The second-order valence-corrected chi connectivity index (χ2v) is 11.5. The van der Waals surface area contributed by atoms with Gasteiger partial charge in [-0.25, -0.2) is 4.79 Å². The number of amides is 1. The number of hydrogen-bond donors (Lipinski definition) is 2. The number of anilines is 1. The molecule has 0 saturated heterocycles. The third-order valence-electron chi connectivity index (χ3n) is 7.29. The zero-order valence-corrected chi connectivity index (χ0v) is 25.9. The number of aliphatic carboxylic acids is 1. The van der Waals surface area contributed by atoms with Crippen molar-refractivity contribution in [1.82, 2.24) is 4.90 Å². The lowest BCUT2D eigenvalue weighted by Crippen LogP contribution is -2.33. The maximum atomic E-state index is 13.1. The maximum Gasteiger partial charge on any atom is 0.326 e. The van der Waals surface area contributed by atoms with Crippen molar-refractivity contribution in [2.45, 2.75) is 19.0 Å². The lowest BCUT2D eigenvalue weighted by Gasteiger charge is -2.22. The second-order valence-electron chi connectivity index (χ2n) is 10.6. The molecule has 46 heavy (non-hydrogen) atoms. The zero-order chi connectivity index (χ0) is 32.1. The molecule has 0 spiro atoms. The first-order chi connectivity index (χ1) is 22.5. The van der Waals surface area contributed by atoms with Crippen molar-refractivity contribution in [3.05, 3.63) is 160 Å². The molecule has 232 valence electrons. The highest BCUT2D eigenvalue weighted by molar-refractivity contribution is 7.10. The minimum absolute atomic E-state index is 0.101. The number of carboxylic acid groups (broad SMARTS) is 1. The van der Waals surface area contributed by atoms with E-state index in [1.807, 2.05) is 72.1 Å². The van der Waals surface area contributed by atoms with Crippen LogP contribution in [0.1, 0.15) is 31.9 Å². The predicted octanol–water partition coefficient (Wildman–Crippen LogP) is 7.21. The standard InChI is InChI=1S/C38H34N2O5S/c41-36(22-21-32-14-9-25-46-32)40(27-29-10-3-1-4-11-29)23-24-45-31-19-17-28(18-20-31)26-35(38(43)44)39-34-16-8-7-15-33(34)37(42)30-12-5-2-6-13-30/h1-22,25,35,39H,23-24,26-27H2,(H,43,44)/t35-/m0/s1. The van der Waals surface area contributed by atoms with Gasteiger partial charge in [-0.05, 0) is 52.9 Å². The van der Waals surface area contributed by atoms with E-state index in [9.17, 15) is 19.5 Å². The van der Waals surface area contributed by atoms with Gasteiger partial charge in [-0.1, -0.05) is 91.0 Å². The fraction of sp³-hybridized carbons (Fsp3) is 0.132. The highest BCUT2D eigenvalue weighted by Gasteiger charge is 2.21. The summed E-state index contributed by atoms with van der Waals surface area (Å²) in [6, 6.07) is 35.8. The van der Waals surface area contributed by atoms with Gasteiger partial charge < -0.3 is 20.1 Å². The Balaban J connectivity index is 1.19. The number of ketones is 1. The third kappa shape index (κ3) is 9.03. The molecule has 0 unspecified atom stereocenters. The number of nitrogens with one attached hydrogen (secondary N) is 1. The van der Waals surface area contributed by atoms with E-state index in [4.69, 9.17) is 4.74 Å². The van der Waals surface area contributed by atoms with Crippen molar-refractivity contribution in [1.29, 1.82) is 0 Å². The summed E-state index contributed by atoms with van der Waals surface area (Å²) in [5.74, 6) is -0.699. The van der Waals surface area contributed by atoms with Crippen molar-refractivity contribution in [3.63, 3.8) is 0 Å². The van der Waals surface area contributed by atoms with Gasteiger partial charge in [0, 0.05) is 40.7 Å². The molecular formula is C38H34N2O5S. The van der Waals surface area contributed by atoms with Crippen molar-refractivity contribution >= 4 is 40.8 Å². The number of hydrogen-bond acceptors (Lipinski definition) is 6. The molecule has 0 saturated carbocycles. The van der Waals surface area contributed by atoms with E-state index in [0.717, 1.165) is 16.0 Å². The number of rotatable bonds is 15. The molecule has 5 rings (SSSR count). The summed E-state index contributed by atoms with van der Waals surface area (Å²) in [6.07, 6.45) is 3.61. The van der Waals surface area contributed by atoms with Crippen LogP contribution in [0, 0.1) is 0 Å². The third-order valence-corrected chi connectivity index (χ3v) is 8.13. The number of nitrogens with zero attached hydrogens (tertiary/aromatic N) is 1. The van der Waals surface area contributed by atoms with Crippen LogP contribution in [-0.4, -0.2) is 46.9 Å². The highest BCUT2D eigenvalue weighted by atomic mass is 32.1. The molecule has 0 radical (unpaired) electrons. The molecule has 0 aliphatic rings. The number of benzene rings is 4. The number of carbonyl (C=O) groups excluding carboxylic acids is 2. The normalized spacial score (nSPS) is 11.6. The van der Waals surface area contributed by atoms with Gasteiger partial charge in [-0.3, -0.25) is 9.59 Å². The van der Waals surface area contributed by atoms with Crippen LogP contribution in [0.2, 0.25) is 0 Å². The van der Waals surface area contributed by atoms with Crippen LogP contribution in [0.5, 0.6) is 5.75 Å². The van der Waals surface area contributed by atoms with E-state index in [1.54, 1.807) is 83.0 Å². The molecule has 1 amide bonds. The molecule has 7 nitrogen and oxygen atoms in total. The van der Waals surface area contributed by atoms with Crippen LogP contribution in [-0.2, 0) is 22.6 Å². The molecule has 1 aromatic heterocycles. The minimum atomic E-state index is -1.03. The Morgan fingerprint density at radius 3 is 2.20 bits per heavy atom. The molecule has 8 heteroatoms. The predicted molar refractivity (Wildman–Crippen MR) is 182 cm³/mol. The number of carbonyl (C=O) groups is 3. The van der Waals surface area contributed by atoms with Gasteiger partial charge in [0.05, 0.1) is 6.54 Å². The summed E-state index contributed by atoms with van der Waals surface area (Å²) in [5.41, 5.74) is 3.22. The zero-order valence-electron chi connectivity index (χ0n) is 25.1. The largest absolute Gasteiger partial charge is 0.492 e. The van der Waals surface area contributed by atoms with Crippen LogP contribution in [0.3, 0.4) is 0 Å². The summed E-state index contributed by atoms with van der Waals surface area (Å²) in [7, 11) is 0. The summed E-state index contributed by atoms with van der Waals surface area (Å²) in [4.78, 5) is 41.2. The van der Waals surface area contributed by atoms with Crippen molar-refractivity contribution in [2.75, 3.05) is 18.5 Å². The van der Waals surface area contributed by atoms with Gasteiger partial charge in [0.15, 0.2) is 5.78 Å². The van der Waals surface area contributed by atoms with Gasteiger partial charge >= 0.3 is 5.97 Å². The smallest absolute Gasteiger partial charge is 0.326 e. The Hall–Kier alpha value is -5.47. The van der Waals surface area contributed by atoms with Gasteiger partial charge in [0.1, 0.15) is 18.4 Å². The lowest BCUT2D eigenvalue weighted by molar-refractivity contribution is -0.137. The summed E-state index contributed by atoms with van der Waals surface area (Å²) >= 11 is 1.57. The monoisotopic (exact) mass is 630 g/mol. The highest BCUT2D eigenvalue weighted by Crippen LogP contribution is 2.22. The molecule has 2 N–H and O–H groups in total. The lowest BCUT2D eigenvalue weighted by atomic mass is 10.00. The Kier molecular flexibility index (Phi) is 11.1. The van der Waals surface area contributed by atoms with Crippen LogP contribution >= 0.6 is 11.3 Å². The summed E-state index contributed by atoms with van der Waals surface area (Å²) < 4.78 is 5.98. The Labute approximate surface area is 272 Å². The Bertz CT molecular complexity index is 1750. The number of ether oxygens (including phenoxy) is 1. The number of para-hydroxylation sites is 1. The average molecular weight is 631 g/mol. The molecule has 0 aliphatic carbocycles. The first-order valence-corrected chi connectivity index (χ1v) is 15.8. The van der Waals surface area contributed by atoms with Crippen LogP contribution in [0.15, 0.2) is 133 Å². The second kappa shape index (κ2) is 16.0. The first-order valence-electron chi connectivity index (χ1n) is 14.9. The Morgan fingerprint density at radius 1 is 0.804 bits per heavy atom. The van der Waals surface area contributed by atoms with Crippen molar-refractivity contribution in [3.8, 4) is 5.75 Å². The van der Waals surface area contributed by atoms with Crippen LogP contribution in [0.25, 0.3) is 6.08 Å². The van der Waals surface area contributed by atoms with E-state index in [0.29, 0.717) is 35.7 Å². The molecule has 5 aromatic rings. The number of carboxylic acids is 1. The van der Waals surface area contributed by atoms with E-state index >= 15 is 0 Å². The van der Waals surface area contributed by atoms with Gasteiger partial charge in [0.2, 0.25) is 5.91 Å². The Morgan fingerprint density at radius 2 is 1.50 bits per heavy atom. The van der Waals surface area contributed by atoms with E-state index in [1.165, 1.54) is 0 Å². The molecule has 1 heterocycles. The number of thiophene rings is 1. The molecule has 0 fully saturated rings. The van der Waals surface area contributed by atoms with Gasteiger partial charge in [-0.15, -0.1) is 11.3 Å². The summed E-state index contributed by atoms with van der Waals surface area (Å²) in [5, 5.41) is 15.0. The van der Waals surface area contributed by atoms with Crippen LogP contribution in [0.4, 0.5) is 5.69 Å². The first kappa shape index (κ1) is 31.9. The van der Waals surface area contributed by atoms with Crippen LogP contribution < -0.4 is 10.1 Å². The van der Waals surface area contributed by atoms with E-state index in [-0.39, 0.29) is 24.7 Å². The fourth-order valence-corrected chi connectivity index (χ4v) is 5.50. The molecule has 4 aromatic carbocycles. The minimum Gasteiger partial charge on any atom is -0.492 e. The quantitative estimate of drug-likeness (QED) is 0.0938. The average Bonchev–Trinajstić information content (AvgIpc) is 3.62. The maximum absolute atomic E-state index is 13.1. The van der Waals surface area contributed by atoms with E-state index in [2.05, 4.69) is 5.32 Å². The van der Waals surface area contributed by atoms with Crippen molar-refractivity contribution in [2.24, 2.45) is 0 Å². The molecule has 0 bridgehead atoms. The summed E-state index contributed by atoms with van der Waals surface area (Å²) in [6.45, 7) is 1.13. The van der Waals surface area contributed by atoms with E-state index < -0.39 is 12.0 Å².